The second kappa shape index (κ2) is 5.50. The highest BCUT2D eigenvalue weighted by atomic mass is 32.2. The van der Waals surface area contributed by atoms with E-state index in [-0.39, 0.29) is 0 Å². The lowest BCUT2D eigenvalue weighted by molar-refractivity contribution is 0.515. The molecule has 0 unspecified atom stereocenters. The zero-order chi connectivity index (χ0) is 11.4. The van der Waals surface area contributed by atoms with Crippen molar-refractivity contribution in [3.63, 3.8) is 0 Å². The van der Waals surface area contributed by atoms with Crippen LogP contribution in [0.15, 0.2) is 11.2 Å². The Kier molecular flexibility index (Phi) is 4.01. The first kappa shape index (κ1) is 11.7. The number of rotatable bonds is 3. The van der Waals surface area contributed by atoms with Crippen molar-refractivity contribution in [1.82, 2.24) is 9.97 Å². The largest absolute Gasteiger partial charge is 0.292 e. The van der Waals surface area contributed by atoms with E-state index in [9.17, 15) is 0 Å². The average molecular weight is 238 g/mol. The van der Waals surface area contributed by atoms with E-state index in [1.807, 2.05) is 24.9 Å². The van der Waals surface area contributed by atoms with E-state index in [4.69, 9.17) is 5.84 Å². The Balaban J connectivity index is 2.06. The first-order valence-electron chi connectivity index (χ1n) is 5.76. The molecule has 5 heteroatoms. The summed E-state index contributed by atoms with van der Waals surface area (Å²) in [5, 5.41) is 1.78. The molecule has 2 rings (SSSR count). The number of anilines is 1. The minimum absolute atomic E-state index is 0.504. The Morgan fingerprint density at radius 1 is 1.38 bits per heavy atom. The van der Waals surface area contributed by atoms with Gasteiger partial charge in [-0.2, -0.15) is 0 Å². The lowest BCUT2D eigenvalue weighted by Gasteiger charge is -2.21. The molecule has 1 aromatic heterocycles. The van der Waals surface area contributed by atoms with Crippen LogP contribution in [-0.2, 0) is 0 Å². The Labute approximate surface area is 100 Å². The SMILES string of the molecule is Cc1cnc(NN)nc1SC1CCCCC1. The molecule has 0 atom stereocenters. The molecule has 0 amide bonds. The third-order valence-corrected chi connectivity index (χ3v) is 4.33. The Morgan fingerprint density at radius 3 is 2.81 bits per heavy atom. The van der Waals surface area contributed by atoms with E-state index in [1.165, 1.54) is 32.1 Å². The summed E-state index contributed by atoms with van der Waals surface area (Å²) in [5.74, 6) is 5.82. The maximum absolute atomic E-state index is 5.32. The lowest BCUT2D eigenvalue weighted by atomic mass is 10.0. The predicted octanol–water partition coefficient (Wildman–Crippen LogP) is 2.50. The van der Waals surface area contributed by atoms with Gasteiger partial charge in [0.25, 0.3) is 0 Å². The first-order valence-corrected chi connectivity index (χ1v) is 6.64. The average Bonchev–Trinajstić information content (AvgIpc) is 2.33. The first-order chi connectivity index (χ1) is 7.79. The number of hydrogen-bond donors (Lipinski definition) is 2. The molecule has 0 aliphatic heterocycles. The second-order valence-corrected chi connectivity index (χ2v) is 5.49. The van der Waals surface area contributed by atoms with Gasteiger partial charge in [-0.3, -0.25) is 5.43 Å². The number of nitrogens with one attached hydrogen (secondary N) is 1. The van der Waals surface area contributed by atoms with Crippen molar-refractivity contribution in [2.45, 2.75) is 49.3 Å². The molecule has 88 valence electrons. The van der Waals surface area contributed by atoms with E-state index in [0.717, 1.165) is 10.6 Å². The summed E-state index contributed by atoms with van der Waals surface area (Å²) in [6.45, 7) is 2.05. The summed E-state index contributed by atoms with van der Waals surface area (Å²) >= 11 is 1.87. The van der Waals surface area contributed by atoms with Crippen molar-refractivity contribution in [1.29, 1.82) is 0 Å². The molecule has 1 fully saturated rings. The second-order valence-electron chi connectivity index (χ2n) is 4.20. The zero-order valence-corrected chi connectivity index (χ0v) is 10.4. The molecule has 0 saturated heterocycles. The molecular formula is C11H18N4S. The van der Waals surface area contributed by atoms with Crippen molar-refractivity contribution in [3.8, 4) is 0 Å². The van der Waals surface area contributed by atoms with Gasteiger partial charge in [0.05, 0.1) is 0 Å². The number of hydrogen-bond acceptors (Lipinski definition) is 5. The number of aryl methyl sites for hydroxylation is 1. The molecular weight excluding hydrogens is 220 g/mol. The minimum Gasteiger partial charge on any atom is -0.292 e. The van der Waals surface area contributed by atoms with Crippen LogP contribution in [0.3, 0.4) is 0 Å². The predicted molar refractivity (Wildman–Crippen MR) is 67.3 cm³/mol. The summed E-state index contributed by atoms with van der Waals surface area (Å²) in [6.07, 6.45) is 8.52. The number of nitrogen functional groups attached to an aromatic ring is 1. The topological polar surface area (TPSA) is 63.8 Å². The highest BCUT2D eigenvalue weighted by Crippen LogP contribution is 2.34. The molecule has 1 heterocycles. The standard InChI is InChI=1S/C11H18N4S/c1-8-7-13-11(15-12)14-10(8)16-9-5-3-2-4-6-9/h7,9H,2-6,12H2,1H3,(H,13,14,15). The summed E-state index contributed by atoms with van der Waals surface area (Å²) in [4.78, 5) is 8.49. The van der Waals surface area contributed by atoms with Crippen molar-refractivity contribution >= 4 is 17.7 Å². The van der Waals surface area contributed by atoms with Gasteiger partial charge in [-0.15, -0.1) is 11.8 Å². The number of nitrogens with two attached hydrogens (primary N) is 1. The quantitative estimate of drug-likeness (QED) is 0.481. The monoisotopic (exact) mass is 238 g/mol. The van der Waals surface area contributed by atoms with Crippen LogP contribution >= 0.6 is 11.8 Å². The van der Waals surface area contributed by atoms with Gasteiger partial charge in [0, 0.05) is 11.4 Å². The highest BCUT2D eigenvalue weighted by molar-refractivity contribution is 7.99. The van der Waals surface area contributed by atoms with Crippen LogP contribution in [0, 0.1) is 6.92 Å². The molecule has 0 radical (unpaired) electrons. The van der Waals surface area contributed by atoms with E-state index in [0.29, 0.717) is 11.2 Å². The molecule has 0 aromatic carbocycles. The summed E-state index contributed by atoms with van der Waals surface area (Å²) < 4.78 is 0. The fourth-order valence-corrected chi connectivity index (χ4v) is 3.22. The number of nitrogens with zero attached hydrogens (tertiary/aromatic N) is 2. The smallest absolute Gasteiger partial charge is 0.238 e. The number of thioether (sulfide) groups is 1. The molecule has 4 nitrogen and oxygen atoms in total. The molecule has 3 N–H and O–H groups in total. The third kappa shape index (κ3) is 2.86. The van der Waals surface area contributed by atoms with Crippen molar-refractivity contribution in [2.75, 3.05) is 5.43 Å². The zero-order valence-electron chi connectivity index (χ0n) is 9.57. The van der Waals surface area contributed by atoms with Gasteiger partial charge in [-0.1, -0.05) is 19.3 Å². The van der Waals surface area contributed by atoms with Gasteiger partial charge < -0.3 is 0 Å². The van der Waals surface area contributed by atoms with Gasteiger partial charge in [0.15, 0.2) is 0 Å². The number of aromatic nitrogens is 2. The fourth-order valence-electron chi connectivity index (χ4n) is 1.96. The third-order valence-electron chi connectivity index (χ3n) is 2.88. The van der Waals surface area contributed by atoms with Crippen LogP contribution < -0.4 is 11.3 Å². The van der Waals surface area contributed by atoms with E-state index >= 15 is 0 Å². The maximum atomic E-state index is 5.32. The van der Waals surface area contributed by atoms with Crippen LogP contribution in [0.1, 0.15) is 37.7 Å². The summed E-state index contributed by atoms with van der Waals surface area (Å²) in [7, 11) is 0. The van der Waals surface area contributed by atoms with E-state index < -0.39 is 0 Å². The molecule has 16 heavy (non-hydrogen) atoms. The van der Waals surface area contributed by atoms with E-state index in [2.05, 4.69) is 15.4 Å². The normalized spacial score (nSPS) is 17.4. The summed E-state index contributed by atoms with van der Waals surface area (Å²) in [6, 6.07) is 0. The highest BCUT2D eigenvalue weighted by Gasteiger charge is 2.16. The van der Waals surface area contributed by atoms with E-state index in [1.54, 1.807) is 0 Å². The number of hydrazine groups is 1. The van der Waals surface area contributed by atoms with Gasteiger partial charge in [-0.25, -0.2) is 15.8 Å². The molecule has 1 saturated carbocycles. The van der Waals surface area contributed by atoms with Crippen LogP contribution in [0.4, 0.5) is 5.95 Å². The van der Waals surface area contributed by atoms with Crippen molar-refractivity contribution in [2.24, 2.45) is 5.84 Å². The van der Waals surface area contributed by atoms with Gasteiger partial charge >= 0.3 is 0 Å². The van der Waals surface area contributed by atoms with Crippen LogP contribution in [0.2, 0.25) is 0 Å². The van der Waals surface area contributed by atoms with Crippen LogP contribution in [0.5, 0.6) is 0 Å². The maximum Gasteiger partial charge on any atom is 0.238 e. The van der Waals surface area contributed by atoms with Gasteiger partial charge in [0.2, 0.25) is 5.95 Å². The van der Waals surface area contributed by atoms with Crippen LogP contribution in [0.25, 0.3) is 0 Å². The molecule has 1 aliphatic carbocycles. The summed E-state index contributed by atoms with van der Waals surface area (Å²) in [5.41, 5.74) is 3.63. The molecule has 0 bridgehead atoms. The lowest BCUT2D eigenvalue weighted by Crippen LogP contribution is -2.12. The fraction of sp³-hybridized carbons (Fsp3) is 0.636. The molecule has 1 aromatic rings. The van der Waals surface area contributed by atoms with Gasteiger partial charge in [0.1, 0.15) is 5.03 Å². The molecule has 0 spiro atoms. The minimum atomic E-state index is 0.504. The van der Waals surface area contributed by atoms with Gasteiger partial charge in [-0.05, 0) is 25.3 Å². The van der Waals surface area contributed by atoms with Crippen LogP contribution in [-0.4, -0.2) is 15.2 Å². The molecule has 1 aliphatic rings. The Morgan fingerprint density at radius 2 is 2.12 bits per heavy atom. The van der Waals surface area contributed by atoms with Crippen molar-refractivity contribution in [3.05, 3.63) is 11.8 Å². The Hall–Kier alpha value is -0.810. The Bertz CT molecular complexity index is 350. The van der Waals surface area contributed by atoms with Crippen molar-refractivity contribution < 1.29 is 0 Å².